The normalized spacial score (nSPS) is 25.9. The molecule has 1 fully saturated rings. The Morgan fingerprint density at radius 1 is 0.905 bits per heavy atom. The quantitative estimate of drug-likeness (QED) is 0.384. The second kappa shape index (κ2) is 12.7. The topological polar surface area (TPSA) is 80.7 Å². The van der Waals surface area contributed by atoms with Gasteiger partial charge in [0.25, 0.3) is 0 Å². The van der Waals surface area contributed by atoms with E-state index in [1.165, 1.54) is 22.3 Å². The number of rotatable bonds is 10. The molecule has 0 aromatic heterocycles. The van der Waals surface area contributed by atoms with Gasteiger partial charge in [0.15, 0.2) is 23.0 Å². The molecular formula is C34H48N2O6. The van der Waals surface area contributed by atoms with Crippen LogP contribution in [0.4, 0.5) is 0 Å². The summed E-state index contributed by atoms with van der Waals surface area (Å²) in [4.78, 5) is 17.9. The number of carboxylic acids is 1. The lowest BCUT2D eigenvalue weighted by molar-refractivity contribution is -0.148. The van der Waals surface area contributed by atoms with Crippen molar-refractivity contribution in [2.24, 2.45) is 11.8 Å². The van der Waals surface area contributed by atoms with Gasteiger partial charge in [0.05, 0.1) is 39.9 Å². The Kier molecular flexibility index (Phi) is 9.23. The number of ether oxygens (including phenoxy) is 4. The molecule has 0 bridgehead atoms. The predicted molar refractivity (Wildman–Crippen MR) is 163 cm³/mol. The van der Waals surface area contributed by atoms with E-state index in [2.05, 4.69) is 47.9 Å². The first-order valence-electron chi connectivity index (χ1n) is 15.6. The van der Waals surface area contributed by atoms with Gasteiger partial charge in [-0.2, -0.15) is 0 Å². The Morgan fingerprint density at radius 2 is 1.52 bits per heavy atom. The number of methoxy groups -OCH3 is 4. The highest BCUT2D eigenvalue weighted by Gasteiger charge is 2.56. The highest BCUT2D eigenvalue weighted by molar-refractivity contribution is 5.70. The van der Waals surface area contributed by atoms with Crippen LogP contribution in [0.2, 0.25) is 0 Å². The lowest BCUT2D eigenvalue weighted by Crippen LogP contribution is -2.61. The fraction of sp³-hybridized carbons (Fsp3) is 0.618. The van der Waals surface area contributed by atoms with E-state index in [1.54, 1.807) is 28.4 Å². The van der Waals surface area contributed by atoms with E-state index in [1.807, 2.05) is 0 Å². The molecule has 2 aromatic carbocycles. The van der Waals surface area contributed by atoms with E-state index in [4.69, 9.17) is 18.9 Å². The van der Waals surface area contributed by atoms with Crippen LogP contribution in [0.3, 0.4) is 0 Å². The zero-order valence-electron chi connectivity index (χ0n) is 26.2. The van der Waals surface area contributed by atoms with Crippen molar-refractivity contribution in [1.29, 1.82) is 0 Å². The van der Waals surface area contributed by atoms with E-state index < -0.39 is 5.97 Å². The number of benzene rings is 2. The molecule has 1 saturated carbocycles. The number of aliphatic carboxylic acids is 1. The molecule has 2 aliphatic heterocycles. The van der Waals surface area contributed by atoms with Gasteiger partial charge in [-0.25, -0.2) is 0 Å². The number of carbonyl (C=O) groups is 1. The number of hydrogen-bond donors (Lipinski definition) is 1. The van der Waals surface area contributed by atoms with Gasteiger partial charge in [-0.1, -0.05) is 20.3 Å². The van der Waals surface area contributed by atoms with Crippen molar-refractivity contribution in [3.63, 3.8) is 0 Å². The van der Waals surface area contributed by atoms with Gasteiger partial charge in [0.2, 0.25) is 0 Å². The van der Waals surface area contributed by atoms with E-state index >= 15 is 0 Å². The molecule has 8 heteroatoms. The van der Waals surface area contributed by atoms with Gasteiger partial charge in [-0.05, 0) is 98.1 Å². The average molecular weight is 581 g/mol. The smallest absolute Gasteiger partial charge is 0.306 e. The molecule has 0 radical (unpaired) electrons. The van der Waals surface area contributed by atoms with E-state index in [9.17, 15) is 9.90 Å². The molecule has 1 N–H and O–H groups in total. The van der Waals surface area contributed by atoms with Crippen molar-refractivity contribution in [2.45, 2.75) is 70.4 Å². The summed E-state index contributed by atoms with van der Waals surface area (Å²) in [5.41, 5.74) is 4.72. The number of likely N-dealkylation sites (N-methyl/N-ethyl adjacent to an activating group) is 1. The highest BCUT2D eigenvalue weighted by atomic mass is 16.5. The average Bonchev–Trinajstić information content (AvgIpc) is 3.02. The predicted octanol–water partition coefficient (Wildman–Crippen LogP) is 5.69. The molecule has 0 saturated heterocycles. The second-order valence-electron chi connectivity index (χ2n) is 12.0. The van der Waals surface area contributed by atoms with Crippen LogP contribution in [0.15, 0.2) is 24.3 Å². The summed E-state index contributed by atoms with van der Waals surface area (Å²) in [5.74, 6) is 1.91. The summed E-state index contributed by atoms with van der Waals surface area (Å²) in [6.45, 7) is 8.19. The van der Waals surface area contributed by atoms with Gasteiger partial charge in [0, 0.05) is 25.0 Å². The van der Waals surface area contributed by atoms with E-state index in [0.717, 1.165) is 81.3 Å². The van der Waals surface area contributed by atoms with Crippen molar-refractivity contribution in [3.8, 4) is 23.0 Å². The van der Waals surface area contributed by atoms with Crippen molar-refractivity contribution in [2.75, 3.05) is 54.6 Å². The standard InChI is InChI=1S/C34H48N2O6/c1-7-9-14-36-16-12-23-19-29(40-4)31(42-6)21-26(23)34(36)13-10-24(33(37)38)17-27(34)32-25-20-30(41-5)28(39-3)18-22(25)11-15-35(32)8-2/h18-21,24,27,32H,7-17H2,1-6H3,(H,37,38)/t24-,27-,32?,34+/m1/s1. The third-order valence-electron chi connectivity index (χ3n) is 10.3. The zero-order valence-corrected chi connectivity index (χ0v) is 26.2. The fourth-order valence-corrected chi connectivity index (χ4v) is 8.21. The van der Waals surface area contributed by atoms with Crippen LogP contribution in [0.1, 0.15) is 74.2 Å². The van der Waals surface area contributed by atoms with Gasteiger partial charge in [0.1, 0.15) is 0 Å². The number of nitrogens with zero attached hydrogens (tertiary/aromatic N) is 2. The van der Waals surface area contributed by atoms with Crippen LogP contribution >= 0.6 is 0 Å². The Balaban J connectivity index is 1.77. The molecule has 1 aliphatic carbocycles. The van der Waals surface area contributed by atoms with Crippen LogP contribution in [-0.4, -0.2) is 75.5 Å². The SMILES string of the molecule is CCCCN1CCc2cc(OC)c(OC)cc2[C@]12CC[C@@H](C(=O)O)C[C@@H]2C1c2cc(OC)c(OC)cc2CCN1CC. The molecule has 1 unspecified atom stereocenters. The summed E-state index contributed by atoms with van der Waals surface area (Å²) in [6.07, 6.45) is 6.11. The van der Waals surface area contributed by atoms with Crippen LogP contribution in [0.5, 0.6) is 23.0 Å². The van der Waals surface area contributed by atoms with Crippen molar-refractivity contribution in [1.82, 2.24) is 9.80 Å². The largest absolute Gasteiger partial charge is 0.493 e. The number of fused-ring (bicyclic) bond motifs is 3. The Hall–Kier alpha value is -2.97. The van der Waals surface area contributed by atoms with Crippen molar-refractivity contribution in [3.05, 3.63) is 46.5 Å². The maximum atomic E-state index is 12.6. The number of hydrogen-bond acceptors (Lipinski definition) is 7. The zero-order chi connectivity index (χ0) is 30.0. The lowest BCUT2D eigenvalue weighted by Gasteiger charge is -2.59. The molecule has 2 heterocycles. The number of unbranched alkanes of at least 4 members (excludes halogenated alkanes) is 1. The molecule has 8 nitrogen and oxygen atoms in total. The first-order chi connectivity index (χ1) is 20.4. The van der Waals surface area contributed by atoms with Crippen molar-refractivity contribution < 1.29 is 28.8 Å². The van der Waals surface area contributed by atoms with Gasteiger partial charge >= 0.3 is 5.97 Å². The molecule has 0 amide bonds. The summed E-state index contributed by atoms with van der Waals surface area (Å²) in [6, 6.07) is 8.69. The molecule has 3 aliphatic rings. The lowest BCUT2D eigenvalue weighted by atomic mass is 9.58. The van der Waals surface area contributed by atoms with Crippen LogP contribution in [0.25, 0.3) is 0 Å². The van der Waals surface area contributed by atoms with Gasteiger partial charge in [-0.15, -0.1) is 0 Å². The molecule has 230 valence electrons. The third-order valence-corrected chi connectivity index (χ3v) is 10.3. The molecule has 2 aromatic rings. The minimum atomic E-state index is -0.690. The van der Waals surface area contributed by atoms with E-state index in [0.29, 0.717) is 12.8 Å². The van der Waals surface area contributed by atoms with Crippen LogP contribution in [0, 0.1) is 11.8 Å². The Morgan fingerprint density at radius 3 is 2.14 bits per heavy atom. The van der Waals surface area contributed by atoms with Gasteiger partial charge in [-0.3, -0.25) is 14.6 Å². The van der Waals surface area contributed by atoms with E-state index in [-0.39, 0.29) is 23.4 Å². The monoisotopic (exact) mass is 580 g/mol. The maximum Gasteiger partial charge on any atom is 0.306 e. The molecule has 5 rings (SSSR count). The summed E-state index contributed by atoms with van der Waals surface area (Å²) in [5, 5.41) is 10.4. The van der Waals surface area contributed by atoms with Crippen LogP contribution < -0.4 is 18.9 Å². The summed E-state index contributed by atoms with van der Waals surface area (Å²) >= 11 is 0. The van der Waals surface area contributed by atoms with Crippen molar-refractivity contribution >= 4 is 5.97 Å². The molecule has 1 spiro atoms. The third kappa shape index (κ3) is 5.11. The second-order valence-corrected chi connectivity index (χ2v) is 12.0. The molecular weight excluding hydrogens is 532 g/mol. The minimum absolute atomic E-state index is 0.0314. The number of carboxylic acid groups (broad SMARTS) is 1. The summed E-state index contributed by atoms with van der Waals surface area (Å²) in [7, 11) is 6.76. The first kappa shape index (κ1) is 30.5. The fourth-order valence-electron chi connectivity index (χ4n) is 8.21. The van der Waals surface area contributed by atoms with Gasteiger partial charge < -0.3 is 24.1 Å². The molecule has 4 atom stereocenters. The molecule has 42 heavy (non-hydrogen) atoms. The summed E-state index contributed by atoms with van der Waals surface area (Å²) < 4.78 is 23.1. The van der Waals surface area contributed by atoms with Crippen LogP contribution in [-0.2, 0) is 23.2 Å². The Labute approximate surface area is 250 Å². The maximum absolute atomic E-state index is 12.6. The Bertz CT molecular complexity index is 1280. The first-order valence-corrected chi connectivity index (χ1v) is 15.6. The highest BCUT2D eigenvalue weighted by Crippen LogP contribution is 2.58. The minimum Gasteiger partial charge on any atom is -0.493 e.